The molecular weight excluding hydrogens is 146 g/mol. The van der Waals surface area contributed by atoms with Crippen LogP contribution in [-0.4, -0.2) is 4.98 Å². The molecule has 0 aliphatic carbocycles. The summed E-state index contributed by atoms with van der Waals surface area (Å²) in [6.07, 6.45) is 3.75. The Hall–Kier alpha value is -0.950. The average Bonchev–Trinajstić information content (AvgIpc) is 2.00. The summed E-state index contributed by atoms with van der Waals surface area (Å²) in [5.74, 6) is 0. The Morgan fingerprint density at radius 3 is 1.50 bits per heavy atom. The highest BCUT2D eigenvalue weighted by molar-refractivity contribution is 5.85. The fourth-order valence-corrected chi connectivity index (χ4v) is 0.534. The van der Waals surface area contributed by atoms with Crippen LogP contribution in [0.4, 0.5) is 0 Å². The summed E-state index contributed by atoms with van der Waals surface area (Å²) in [5.41, 5.74) is 0. The maximum absolute atomic E-state index is 2.96. The third-order valence-electron chi connectivity index (χ3n) is 0.940. The van der Waals surface area contributed by atoms with Crippen molar-refractivity contribution < 1.29 is 0 Å². The third-order valence-corrected chi connectivity index (χ3v) is 0.940. The van der Waals surface area contributed by atoms with Crippen LogP contribution in [0.1, 0.15) is 0 Å². The van der Waals surface area contributed by atoms with E-state index in [1.807, 2.05) is 48.8 Å². The Kier molecular flexibility index (Phi) is 5.59. The Morgan fingerprint density at radius 1 is 0.600 bits per heavy atom. The van der Waals surface area contributed by atoms with Gasteiger partial charge in [-0.2, -0.15) is 0 Å². The van der Waals surface area contributed by atoms with E-state index in [0.29, 0.717) is 0 Å². The number of rotatable bonds is 0. The van der Waals surface area contributed by atoms with Crippen molar-refractivity contribution >= 4 is 12.4 Å². The van der Waals surface area contributed by atoms with Gasteiger partial charge in [0.05, 0.1) is 0 Å². The first-order valence-corrected chi connectivity index (χ1v) is 2.91. The highest BCUT2D eigenvalue weighted by Crippen LogP contribution is 1.76. The fourth-order valence-electron chi connectivity index (χ4n) is 0.534. The van der Waals surface area contributed by atoms with Crippen LogP contribution in [0, 0.1) is 0 Å². The maximum Gasteiger partial charge on any atom is 0.000442 e. The smallest absolute Gasteiger partial charge is 0.000442 e. The van der Waals surface area contributed by atoms with Crippen molar-refractivity contribution in [1.29, 1.82) is 0 Å². The lowest BCUT2D eigenvalue weighted by molar-refractivity contribution is 1.36. The van der Waals surface area contributed by atoms with E-state index in [0.717, 1.165) is 0 Å². The monoisotopic (exact) mass is 155 g/mol. The van der Waals surface area contributed by atoms with Crippen LogP contribution in [0.3, 0.4) is 0 Å². The Morgan fingerprint density at radius 2 is 1.00 bits per heavy atom. The molecule has 0 fully saturated rings. The van der Waals surface area contributed by atoms with Crippen LogP contribution in [0.5, 0.6) is 0 Å². The molecule has 1 N–H and O–H groups in total. The van der Waals surface area contributed by atoms with Crippen molar-refractivity contribution in [2.45, 2.75) is 0 Å². The van der Waals surface area contributed by atoms with Crippen LogP contribution in [0.25, 0.3) is 0 Å². The summed E-state index contributed by atoms with van der Waals surface area (Å²) in [6, 6.07) is 11.8. The molecule has 1 aromatic rings. The van der Waals surface area contributed by atoms with E-state index in [4.69, 9.17) is 0 Å². The first kappa shape index (κ1) is 9.05. The second-order valence-electron chi connectivity index (χ2n) is 1.65. The molecule has 0 spiro atoms. The lowest BCUT2D eigenvalue weighted by Crippen LogP contribution is -1.52. The predicted octanol–water partition coefficient (Wildman–Crippen LogP) is 2.56. The molecule has 0 amide bonds. The van der Waals surface area contributed by atoms with Gasteiger partial charge in [0.1, 0.15) is 0 Å². The summed E-state index contributed by atoms with van der Waals surface area (Å²) in [7, 11) is 0. The zero-order chi connectivity index (χ0) is 6.36. The van der Waals surface area contributed by atoms with E-state index in [-0.39, 0.29) is 12.4 Å². The normalized spacial score (nSPS) is 7.20. The SMILES string of the molecule is Cl.c1cccc[nH]ccc1. The van der Waals surface area contributed by atoms with Crippen LogP contribution in [-0.2, 0) is 0 Å². The molecule has 10 heavy (non-hydrogen) atoms. The standard InChI is InChI=1S/C8H9N.ClH/c1-2-4-6-8-9-7-5-3-1;/h1-9H;1H. The van der Waals surface area contributed by atoms with Gasteiger partial charge >= 0.3 is 0 Å². The predicted molar refractivity (Wildman–Crippen MR) is 45.7 cm³/mol. The number of halogens is 1. The molecule has 1 heterocycles. The summed E-state index contributed by atoms with van der Waals surface area (Å²) >= 11 is 0. The second-order valence-corrected chi connectivity index (χ2v) is 1.65. The number of aromatic nitrogens is 1. The number of hydrogen-bond acceptors (Lipinski definition) is 0. The van der Waals surface area contributed by atoms with Gasteiger partial charge in [-0.3, -0.25) is 0 Å². The highest BCUT2D eigenvalue weighted by atomic mass is 35.5. The quantitative estimate of drug-likeness (QED) is 0.593. The summed E-state index contributed by atoms with van der Waals surface area (Å²) in [5, 5.41) is 0. The Bertz CT molecular complexity index is 131. The van der Waals surface area contributed by atoms with Crippen molar-refractivity contribution in [3.63, 3.8) is 0 Å². The molecule has 0 aliphatic rings. The van der Waals surface area contributed by atoms with Crippen LogP contribution in [0.2, 0.25) is 0 Å². The zero-order valence-electron chi connectivity index (χ0n) is 5.53. The van der Waals surface area contributed by atoms with E-state index < -0.39 is 0 Å². The van der Waals surface area contributed by atoms with Gasteiger partial charge in [-0.1, -0.05) is 24.3 Å². The Labute approximate surface area is 66.8 Å². The molecule has 0 saturated carbocycles. The van der Waals surface area contributed by atoms with Crippen LogP contribution >= 0.6 is 12.4 Å². The summed E-state index contributed by atoms with van der Waals surface area (Å²) in [4.78, 5) is 2.96. The van der Waals surface area contributed by atoms with Crippen molar-refractivity contribution in [2.24, 2.45) is 0 Å². The number of aromatic amines is 1. The molecule has 1 aromatic heterocycles. The summed E-state index contributed by atoms with van der Waals surface area (Å²) in [6.45, 7) is 0. The molecule has 0 aliphatic heterocycles. The minimum absolute atomic E-state index is 0. The largest absolute Gasteiger partial charge is 0.368 e. The van der Waals surface area contributed by atoms with Gasteiger partial charge in [-0.25, -0.2) is 0 Å². The second kappa shape index (κ2) is 6.17. The first-order chi connectivity index (χ1) is 4.50. The van der Waals surface area contributed by atoms with Gasteiger partial charge in [0.25, 0.3) is 0 Å². The number of nitrogens with one attached hydrogen (secondary N) is 1. The lowest BCUT2D eigenvalue weighted by atomic mass is 10.5. The van der Waals surface area contributed by atoms with Crippen molar-refractivity contribution in [1.82, 2.24) is 4.98 Å². The molecule has 0 atom stereocenters. The van der Waals surface area contributed by atoms with Gasteiger partial charge in [-0.05, 0) is 12.1 Å². The molecule has 1 rings (SSSR count). The molecule has 0 unspecified atom stereocenters. The summed E-state index contributed by atoms with van der Waals surface area (Å²) < 4.78 is 0. The van der Waals surface area contributed by atoms with Gasteiger partial charge in [0, 0.05) is 12.4 Å². The van der Waals surface area contributed by atoms with E-state index in [9.17, 15) is 0 Å². The van der Waals surface area contributed by atoms with E-state index in [2.05, 4.69) is 4.98 Å². The topological polar surface area (TPSA) is 15.8 Å². The molecule has 0 radical (unpaired) electrons. The minimum Gasteiger partial charge on any atom is -0.368 e. The van der Waals surface area contributed by atoms with E-state index in [1.165, 1.54) is 0 Å². The van der Waals surface area contributed by atoms with Gasteiger partial charge in [0.15, 0.2) is 0 Å². The number of hydrogen-bond donors (Lipinski definition) is 1. The van der Waals surface area contributed by atoms with Gasteiger partial charge in [-0.15, -0.1) is 12.4 Å². The van der Waals surface area contributed by atoms with E-state index in [1.54, 1.807) is 0 Å². The van der Waals surface area contributed by atoms with Crippen molar-refractivity contribution in [2.75, 3.05) is 0 Å². The third kappa shape index (κ3) is 3.98. The minimum atomic E-state index is 0. The van der Waals surface area contributed by atoms with Crippen molar-refractivity contribution in [3.8, 4) is 0 Å². The van der Waals surface area contributed by atoms with Crippen LogP contribution in [0.15, 0.2) is 48.8 Å². The van der Waals surface area contributed by atoms with Gasteiger partial charge < -0.3 is 4.98 Å². The average molecular weight is 156 g/mol. The van der Waals surface area contributed by atoms with E-state index >= 15 is 0 Å². The number of H-pyrrole nitrogens is 1. The van der Waals surface area contributed by atoms with Crippen LogP contribution < -0.4 is 0 Å². The fraction of sp³-hybridized carbons (Fsp3) is 0. The molecule has 0 aromatic carbocycles. The molecule has 0 saturated heterocycles. The zero-order valence-corrected chi connectivity index (χ0v) is 6.34. The highest BCUT2D eigenvalue weighted by Gasteiger charge is 1.57. The molecule has 1 nitrogen and oxygen atoms in total. The molecule has 54 valence electrons. The lowest BCUT2D eigenvalue weighted by Gasteiger charge is -1.65. The maximum atomic E-state index is 2.96. The van der Waals surface area contributed by atoms with Crippen molar-refractivity contribution in [3.05, 3.63) is 48.8 Å². The molecular formula is C8H10ClN. The molecule has 2 heteroatoms. The van der Waals surface area contributed by atoms with Gasteiger partial charge in [0.2, 0.25) is 0 Å². The first-order valence-electron chi connectivity index (χ1n) is 2.91. The Balaban J connectivity index is 0.000000810. The molecule has 0 bridgehead atoms.